The molecule has 1 aromatic carbocycles. The molecule has 122 valence electrons. The number of nitriles is 1. The minimum absolute atomic E-state index is 0.256. The summed E-state index contributed by atoms with van der Waals surface area (Å²) >= 11 is 0. The van der Waals surface area contributed by atoms with Crippen LogP contribution in [-0.2, 0) is 9.53 Å². The van der Waals surface area contributed by atoms with Crippen LogP contribution in [0.1, 0.15) is 29.5 Å². The Hall–Kier alpha value is -3.40. The molecule has 1 heterocycles. The van der Waals surface area contributed by atoms with Crippen molar-refractivity contribution in [3.63, 3.8) is 0 Å². The molecule has 0 spiro atoms. The number of furan rings is 1. The van der Waals surface area contributed by atoms with Gasteiger partial charge in [0.25, 0.3) is 5.91 Å². The Labute approximate surface area is 138 Å². The summed E-state index contributed by atoms with van der Waals surface area (Å²) < 4.78 is 10.5. The standard InChI is InChI=1S/C17H15N3O4/c1-2-23-17(22)13-5-3-12(4-6-13)15-8-7-14(24-15)11-19-20-16(21)9-10-18/h3-8,11H,2,9H2,1H3,(H,20,21)/b19-11-. The van der Waals surface area contributed by atoms with E-state index in [9.17, 15) is 9.59 Å². The molecule has 7 nitrogen and oxygen atoms in total. The molecule has 0 aliphatic rings. The Kier molecular flexibility index (Phi) is 5.86. The lowest BCUT2D eigenvalue weighted by Gasteiger charge is -2.02. The molecule has 0 saturated carbocycles. The second kappa shape index (κ2) is 8.29. The van der Waals surface area contributed by atoms with E-state index in [1.54, 1.807) is 49.4 Å². The van der Waals surface area contributed by atoms with Gasteiger partial charge in [-0.2, -0.15) is 10.4 Å². The summed E-state index contributed by atoms with van der Waals surface area (Å²) in [5.74, 6) is 0.173. The van der Waals surface area contributed by atoms with Crippen molar-refractivity contribution in [3.05, 3.63) is 47.7 Å². The zero-order chi connectivity index (χ0) is 17.4. The summed E-state index contributed by atoms with van der Waals surface area (Å²) in [6, 6.07) is 12.0. The molecule has 7 heteroatoms. The zero-order valence-electron chi connectivity index (χ0n) is 13.0. The first-order valence-electron chi connectivity index (χ1n) is 7.20. The van der Waals surface area contributed by atoms with Crippen molar-refractivity contribution in [2.45, 2.75) is 13.3 Å². The summed E-state index contributed by atoms with van der Waals surface area (Å²) in [6.07, 6.45) is 1.08. The summed E-state index contributed by atoms with van der Waals surface area (Å²) in [6.45, 7) is 2.08. The first kappa shape index (κ1) is 17.0. The van der Waals surface area contributed by atoms with Gasteiger partial charge in [-0.15, -0.1) is 0 Å². The van der Waals surface area contributed by atoms with Crippen LogP contribution in [0, 0.1) is 11.3 Å². The van der Waals surface area contributed by atoms with E-state index in [0.29, 0.717) is 23.7 Å². The fraction of sp³-hybridized carbons (Fsp3) is 0.176. The minimum atomic E-state index is -0.491. The third-order valence-electron chi connectivity index (χ3n) is 2.93. The summed E-state index contributed by atoms with van der Waals surface area (Å²) in [5, 5.41) is 12.1. The fourth-order valence-corrected chi connectivity index (χ4v) is 1.84. The monoisotopic (exact) mass is 325 g/mol. The Morgan fingerprint density at radius 1 is 1.29 bits per heavy atom. The number of nitrogens with zero attached hydrogens (tertiary/aromatic N) is 2. The molecule has 0 radical (unpaired) electrons. The lowest BCUT2D eigenvalue weighted by Crippen LogP contribution is -2.15. The molecule has 1 N–H and O–H groups in total. The molecule has 0 aliphatic heterocycles. The topological polar surface area (TPSA) is 105 Å². The van der Waals surface area contributed by atoms with Crippen molar-refractivity contribution in [1.29, 1.82) is 5.26 Å². The number of esters is 1. The fourth-order valence-electron chi connectivity index (χ4n) is 1.84. The number of hydrogen-bond donors (Lipinski definition) is 1. The molecule has 2 rings (SSSR count). The van der Waals surface area contributed by atoms with E-state index in [2.05, 4.69) is 10.5 Å². The van der Waals surface area contributed by atoms with Crippen LogP contribution in [0.15, 0.2) is 45.9 Å². The number of hydrogen-bond acceptors (Lipinski definition) is 6. The molecule has 0 aliphatic carbocycles. The highest BCUT2D eigenvalue weighted by Gasteiger charge is 2.08. The second-order valence-electron chi connectivity index (χ2n) is 4.63. The van der Waals surface area contributed by atoms with Crippen LogP contribution in [0.2, 0.25) is 0 Å². The van der Waals surface area contributed by atoms with E-state index in [-0.39, 0.29) is 12.4 Å². The SMILES string of the molecule is CCOC(=O)c1ccc(-c2ccc(/C=N\NC(=O)CC#N)o2)cc1. The number of amides is 1. The molecular weight excluding hydrogens is 310 g/mol. The van der Waals surface area contributed by atoms with E-state index >= 15 is 0 Å². The quantitative estimate of drug-likeness (QED) is 0.499. The van der Waals surface area contributed by atoms with Crippen molar-refractivity contribution in [2.75, 3.05) is 6.61 Å². The van der Waals surface area contributed by atoms with Gasteiger partial charge in [-0.1, -0.05) is 12.1 Å². The average molecular weight is 325 g/mol. The normalized spacial score (nSPS) is 10.3. The van der Waals surface area contributed by atoms with Crippen LogP contribution in [0.4, 0.5) is 0 Å². The molecule has 0 unspecified atom stereocenters. The van der Waals surface area contributed by atoms with Crippen molar-refractivity contribution in [1.82, 2.24) is 5.43 Å². The lowest BCUT2D eigenvalue weighted by atomic mass is 10.1. The maximum atomic E-state index is 11.6. The van der Waals surface area contributed by atoms with Crippen LogP contribution in [0.25, 0.3) is 11.3 Å². The number of hydrazone groups is 1. The molecule has 0 bridgehead atoms. The van der Waals surface area contributed by atoms with Gasteiger partial charge in [0.2, 0.25) is 0 Å². The van der Waals surface area contributed by atoms with Gasteiger partial charge in [-0.25, -0.2) is 10.2 Å². The van der Waals surface area contributed by atoms with Crippen molar-refractivity contribution < 1.29 is 18.7 Å². The van der Waals surface area contributed by atoms with Crippen LogP contribution >= 0.6 is 0 Å². The zero-order valence-corrected chi connectivity index (χ0v) is 13.0. The van der Waals surface area contributed by atoms with Gasteiger partial charge in [-0.3, -0.25) is 4.79 Å². The average Bonchev–Trinajstić information content (AvgIpc) is 3.04. The number of rotatable bonds is 6. The van der Waals surface area contributed by atoms with Gasteiger partial charge in [0.05, 0.1) is 24.5 Å². The predicted octanol–water partition coefficient (Wildman–Crippen LogP) is 2.49. The number of carbonyl (C=O) groups is 2. The Bertz CT molecular complexity index is 785. The van der Waals surface area contributed by atoms with Crippen LogP contribution in [0.3, 0.4) is 0 Å². The van der Waals surface area contributed by atoms with Gasteiger partial charge in [0.1, 0.15) is 17.9 Å². The van der Waals surface area contributed by atoms with Crippen LogP contribution in [-0.4, -0.2) is 24.7 Å². The van der Waals surface area contributed by atoms with Gasteiger partial charge in [0.15, 0.2) is 0 Å². The Balaban J connectivity index is 2.02. The second-order valence-corrected chi connectivity index (χ2v) is 4.63. The molecule has 2 aromatic rings. The molecule has 1 amide bonds. The third kappa shape index (κ3) is 4.55. The lowest BCUT2D eigenvalue weighted by molar-refractivity contribution is -0.120. The Morgan fingerprint density at radius 3 is 2.71 bits per heavy atom. The summed E-state index contributed by atoms with van der Waals surface area (Å²) in [7, 11) is 0. The highest BCUT2D eigenvalue weighted by atomic mass is 16.5. The van der Waals surface area contributed by atoms with Gasteiger partial charge < -0.3 is 9.15 Å². The number of benzene rings is 1. The van der Waals surface area contributed by atoms with Crippen molar-refractivity contribution >= 4 is 18.1 Å². The Morgan fingerprint density at radius 2 is 2.04 bits per heavy atom. The summed E-state index contributed by atoms with van der Waals surface area (Å²) in [4.78, 5) is 22.7. The van der Waals surface area contributed by atoms with E-state index in [1.165, 1.54) is 6.21 Å². The van der Waals surface area contributed by atoms with E-state index < -0.39 is 5.91 Å². The molecular formula is C17H15N3O4. The maximum Gasteiger partial charge on any atom is 0.338 e. The first-order chi connectivity index (χ1) is 11.6. The predicted molar refractivity (Wildman–Crippen MR) is 86.1 cm³/mol. The summed E-state index contributed by atoms with van der Waals surface area (Å²) in [5.41, 5.74) is 3.46. The van der Waals surface area contributed by atoms with Gasteiger partial charge in [-0.05, 0) is 31.2 Å². The highest BCUT2D eigenvalue weighted by Crippen LogP contribution is 2.22. The first-order valence-corrected chi connectivity index (χ1v) is 7.20. The molecule has 0 saturated heterocycles. The molecule has 1 aromatic heterocycles. The van der Waals surface area contributed by atoms with Crippen LogP contribution < -0.4 is 5.43 Å². The third-order valence-corrected chi connectivity index (χ3v) is 2.93. The van der Waals surface area contributed by atoms with E-state index in [0.717, 1.165) is 5.56 Å². The minimum Gasteiger partial charge on any atom is -0.462 e. The van der Waals surface area contributed by atoms with E-state index in [1.807, 2.05) is 0 Å². The largest absolute Gasteiger partial charge is 0.462 e. The van der Waals surface area contributed by atoms with Crippen molar-refractivity contribution in [3.8, 4) is 17.4 Å². The van der Waals surface area contributed by atoms with Gasteiger partial charge >= 0.3 is 5.97 Å². The van der Waals surface area contributed by atoms with Gasteiger partial charge in [0, 0.05) is 5.56 Å². The van der Waals surface area contributed by atoms with E-state index in [4.69, 9.17) is 14.4 Å². The van der Waals surface area contributed by atoms with Crippen LogP contribution in [0.5, 0.6) is 0 Å². The highest BCUT2D eigenvalue weighted by molar-refractivity contribution is 5.90. The number of carbonyl (C=O) groups excluding carboxylic acids is 2. The molecule has 0 atom stereocenters. The van der Waals surface area contributed by atoms with Crippen molar-refractivity contribution in [2.24, 2.45) is 5.10 Å². The number of ether oxygens (including phenoxy) is 1. The number of nitrogens with one attached hydrogen (secondary N) is 1. The smallest absolute Gasteiger partial charge is 0.338 e. The molecule has 0 fully saturated rings. The molecule has 24 heavy (non-hydrogen) atoms. The maximum absolute atomic E-state index is 11.6.